The summed E-state index contributed by atoms with van der Waals surface area (Å²) in [5.41, 5.74) is 0. The van der Waals surface area contributed by atoms with Crippen LogP contribution in [0.1, 0.15) is 0 Å². The van der Waals surface area contributed by atoms with Crippen molar-refractivity contribution < 1.29 is 93.3 Å². The van der Waals surface area contributed by atoms with E-state index in [1.807, 2.05) is 0 Å². The van der Waals surface area contributed by atoms with E-state index in [0.29, 0.717) is 0 Å². The molecule has 0 fully saturated rings. The Morgan fingerprint density at radius 1 is 1.00 bits per heavy atom. The van der Waals surface area contributed by atoms with Gasteiger partial charge in [-0.15, -0.1) is 0 Å². The topological polar surface area (TPSA) is 0 Å². The van der Waals surface area contributed by atoms with Crippen molar-refractivity contribution in [2.24, 2.45) is 0 Å². The van der Waals surface area contributed by atoms with E-state index in [4.69, 9.17) is 0 Å². The molecule has 2 radical (unpaired) electrons. The molecule has 0 saturated heterocycles. The average Bonchev–Trinajstić information content (AvgIpc) is 0. The summed E-state index contributed by atoms with van der Waals surface area (Å²) in [6.45, 7) is 0. The van der Waals surface area contributed by atoms with Crippen LogP contribution in [0.15, 0.2) is 0 Å². The van der Waals surface area contributed by atoms with Gasteiger partial charge in [-0.25, -0.2) is 0 Å². The fourth-order valence-corrected chi connectivity index (χ4v) is 0. The quantitative estimate of drug-likeness (QED) is 0.483. The van der Waals surface area contributed by atoms with Gasteiger partial charge in [0.25, 0.3) is 0 Å². The molecule has 0 N–H and O–H groups in total. The molecular formula is H3AlCdCoNiY. The largest absolute Gasteiger partial charge is 0.187 e. The summed E-state index contributed by atoms with van der Waals surface area (Å²) in [6.07, 6.45) is 0. The fraction of sp³-hybridized carbons (Fsp3) is 0. The van der Waals surface area contributed by atoms with Crippen LogP contribution in [-0.4, -0.2) is 17.4 Å². The third-order valence-corrected chi connectivity index (χ3v) is 0. The predicted octanol–water partition coefficient (Wildman–Crippen LogP) is -1.19. The Morgan fingerprint density at radius 3 is 1.00 bits per heavy atom. The maximum atomic E-state index is 0. The predicted molar refractivity (Wildman–Crippen MR) is 9.94 cm³/mol. The van der Waals surface area contributed by atoms with E-state index in [1.165, 1.54) is 0 Å². The molecule has 0 aliphatic heterocycles. The van der Waals surface area contributed by atoms with Crippen LogP contribution >= 0.6 is 0 Å². The molecule has 0 aromatic heterocycles. The third kappa shape index (κ3) is 18.4. The summed E-state index contributed by atoms with van der Waals surface area (Å²) >= 11 is 0. The van der Waals surface area contributed by atoms with Crippen molar-refractivity contribution in [1.82, 2.24) is 0 Å². The zero-order valence-corrected chi connectivity index (χ0v) is 10.8. The maximum Gasteiger partial charge on any atom is 0.187 e. The molecule has 5 heavy (non-hydrogen) atoms. The molecule has 0 unspecified atom stereocenters. The SMILES string of the molecule is [AlH3].[Cd].[Co].[Ni].[Y]. The Hall–Kier alpha value is 3.56. The van der Waals surface area contributed by atoms with Crippen LogP contribution in [0.4, 0.5) is 0 Å². The molecule has 0 aromatic rings. The van der Waals surface area contributed by atoms with E-state index in [9.17, 15) is 0 Å². The minimum absolute atomic E-state index is 0. The van der Waals surface area contributed by atoms with Gasteiger partial charge in [-0.2, -0.15) is 0 Å². The van der Waals surface area contributed by atoms with E-state index in [-0.39, 0.29) is 111 Å². The second-order valence-electron chi connectivity index (χ2n) is 0. The van der Waals surface area contributed by atoms with E-state index in [2.05, 4.69) is 0 Å². The minimum Gasteiger partial charge on any atom is 0 e. The van der Waals surface area contributed by atoms with E-state index in [0.717, 1.165) is 0 Å². The second kappa shape index (κ2) is 25.7. The monoisotopic (exact) mass is 350 g/mol. The maximum absolute atomic E-state index is 0. The normalized spacial score (nSPS) is 0. The van der Waals surface area contributed by atoms with E-state index in [1.54, 1.807) is 0 Å². The van der Waals surface area contributed by atoms with Crippen LogP contribution in [0.2, 0.25) is 0 Å². The summed E-state index contributed by atoms with van der Waals surface area (Å²) in [6, 6.07) is 0. The van der Waals surface area contributed by atoms with Gasteiger partial charge in [0.05, 0.1) is 0 Å². The molecule has 0 atom stereocenters. The Kier molecular flexibility index (Phi) is 198. The van der Waals surface area contributed by atoms with Crippen LogP contribution in [0.5, 0.6) is 0 Å². The van der Waals surface area contributed by atoms with Crippen LogP contribution in [0.25, 0.3) is 0 Å². The first-order chi connectivity index (χ1) is 0. The first-order valence-corrected chi connectivity index (χ1v) is 0. The smallest absolute Gasteiger partial charge is 0 e. The van der Waals surface area contributed by atoms with Crippen molar-refractivity contribution in [3.05, 3.63) is 0 Å². The summed E-state index contributed by atoms with van der Waals surface area (Å²) in [5, 5.41) is 0. The molecule has 0 amide bonds. The molecule has 30 valence electrons. The van der Waals surface area contributed by atoms with Gasteiger partial charge in [0, 0.05) is 93.3 Å². The first-order valence-electron chi connectivity index (χ1n) is 0. The van der Waals surface area contributed by atoms with Gasteiger partial charge in [-0.05, 0) is 0 Å². The molecule has 0 aromatic carbocycles. The molecular weight excluding hydrogens is 346 g/mol. The van der Waals surface area contributed by atoms with Gasteiger partial charge in [-0.1, -0.05) is 0 Å². The van der Waals surface area contributed by atoms with Crippen LogP contribution < -0.4 is 0 Å². The van der Waals surface area contributed by atoms with Crippen molar-refractivity contribution in [1.29, 1.82) is 0 Å². The first kappa shape index (κ1) is 38.6. The van der Waals surface area contributed by atoms with Crippen molar-refractivity contribution in [2.75, 3.05) is 0 Å². The van der Waals surface area contributed by atoms with Crippen molar-refractivity contribution in [2.45, 2.75) is 0 Å². The van der Waals surface area contributed by atoms with Gasteiger partial charge in [0.2, 0.25) is 0 Å². The third-order valence-electron chi connectivity index (χ3n) is 0. The fourth-order valence-electron chi connectivity index (χ4n) is 0. The summed E-state index contributed by atoms with van der Waals surface area (Å²) in [7, 11) is 0. The molecule has 0 aliphatic rings. The summed E-state index contributed by atoms with van der Waals surface area (Å²) in [5.74, 6) is 0. The van der Waals surface area contributed by atoms with Crippen LogP contribution in [0, 0.1) is 0 Å². The standard InChI is InChI=1S/Al.Cd.Co.Ni.Y.3H. The second-order valence-corrected chi connectivity index (χ2v) is 0. The zero-order chi connectivity index (χ0) is 0. The average molecular weight is 349 g/mol. The Bertz CT molecular complexity index is 11.6. The molecule has 0 aliphatic carbocycles. The summed E-state index contributed by atoms with van der Waals surface area (Å²) < 4.78 is 0. The Morgan fingerprint density at radius 2 is 1.00 bits per heavy atom. The number of rotatable bonds is 0. The van der Waals surface area contributed by atoms with Gasteiger partial charge in [-0.3, -0.25) is 0 Å². The minimum atomic E-state index is 0. The number of hydrogen-bond acceptors (Lipinski definition) is 0. The molecule has 0 nitrogen and oxygen atoms in total. The van der Waals surface area contributed by atoms with Gasteiger partial charge in [0.15, 0.2) is 17.4 Å². The molecule has 0 rings (SSSR count). The molecule has 0 spiro atoms. The Balaban J connectivity index is 0. The molecule has 0 heterocycles. The van der Waals surface area contributed by atoms with Gasteiger partial charge < -0.3 is 0 Å². The molecule has 0 saturated carbocycles. The zero-order valence-electron chi connectivity index (χ0n) is 1.93. The van der Waals surface area contributed by atoms with Gasteiger partial charge >= 0.3 is 0 Å². The number of hydrogen-bond donors (Lipinski definition) is 0. The summed E-state index contributed by atoms with van der Waals surface area (Å²) in [4.78, 5) is 0. The van der Waals surface area contributed by atoms with Crippen molar-refractivity contribution >= 4 is 17.4 Å². The van der Waals surface area contributed by atoms with Crippen LogP contribution in [-0.2, 0) is 93.3 Å². The molecule has 5 heteroatoms. The van der Waals surface area contributed by atoms with Crippen molar-refractivity contribution in [3.63, 3.8) is 0 Å². The van der Waals surface area contributed by atoms with Crippen molar-refractivity contribution in [3.8, 4) is 0 Å². The van der Waals surface area contributed by atoms with E-state index >= 15 is 0 Å². The van der Waals surface area contributed by atoms with Gasteiger partial charge in [0.1, 0.15) is 0 Å². The molecule has 0 bridgehead atoms. The van der Waals surface area contributed by atoms with E-state index < -0.39 is 0 Å². The Labute approximate surface area is 108 Å². The van der Waals surface area contributed by atoms with Crippen LogP contribution in [0.3, 0.4) is 0 Å².